The van der Waals surface area contributed by atoms with Crippen LogP contribution in [0.3, 0.4) is 0 Å². The SMILES string of the molecule is CCNc1cc(N2CCC(CCO)C2)nc(SC)n1. The van der Waals surface area contributed by atoms with Crippen LogP contribution in [0.25, 0.3) is 0 Å². The minimum absolute atomic E-state index is 0.279. The van der Waals surface area contributed by atoms with E-state index in [1.807, 2.05) is 12.3 Å². The van der Waals surface area contributed by atoms with Crippen molar-refractivity contribution in [3.05, 3.63) is 6.07 Å². The van der Waals surface area contributed by atoms with Crippen molar-refractivity contribution < 1.29 is 5.11 Å². The summed E-state index contributed by atoms with van der Waals surface area (Å²) >= 11 is 1.56. The van der Waals surface area contributed by atoms with Crippen molar-refractivity contribution in [3.8, 4) is 0 Å². The predicted octanol–water partition coefficient (Wildman–Crippen LogP) is 1.84. The Morgan fingerprint density at radius 2 is 2.37 bits per heavy atom. The van der Waals surface area contributed by atoms with Gasteiger partial charge in [0, 0.05) is 32.3 Å². The fourth-order valence-electron chi connectivity index (χ4n) is 2.40. The van der Waals surface area contributed by atoms with Gasteiger partial charge in [0.15, 0.2) is 5.16 Å². The van der Waals surface area contributed by atoms with Gasteiger partial charge in [0.1, 0.15) is 11.6 Å². The second-order valence-corrected chi connectivity index (χ2v) is 5.51. The molecule has 19 heavy (non-hydrogen) atoms. The van der Waals surface area contributed by atoms with Gasteiger partial charge < -0.3 is 15.3 Å². The first-order chi connectivity index (χ1) is 9.26. The molecule has 0 aromatic carbocycles. The van der Waals surface area contributed by atoms with Gasteiger partial charge in [-0.05, 0) is 31.9 Å². The van der Waals surface area contributed by atoms with Crippen molar-refractivity contribution in [1.29, 1.82) is 0 Å². The summed E-state index contributed by atoms with van der Waals surface area (Å²) in [6.45, 7) is 5.20. The smallest absolute Gasteiger partial charge is 0.191 e. The van der Waals surface area contributed by atoms with E-state index < -0.39 is 0 Å². The number of anilines is 2. The molecule has 6 heteroatoms. The average molecular weight is 282 g/mol. The minimum Gasteiger partial charge on any atom is -0.396 e. The van der Waals surface area contributed by atoms with Gasteiger partial charge in [-0.25, -0.2) is 9.97 Å². The molecule has 1 atom stereocenters. The molecule has 106 valence electrons. The normalized spacial score (nSPS) is 18.9. The zero-order chi connectivity index (χ0) is 13.7. The molecule has 0 radical (unpaired) electrons. The molecule has 5 nitrogen and oxygen atoms in total. The third kappa shape index (κ3) is 3.73. The summed E-state index contributed by atoms with van der Waals surface area (Å²) in [5, 5.41) is 13.1. The van der Waals surface area contributed by atoms with Crippen molar-refractivity contribution in [3.63, 3.8) is 0 Å². The van der Waals surface area contributed by atoms with Crippen LogP contribution >= 0.6 is 11.8 Å². The van der Waals surface area contributed by atoms with Crippen LogP contribution in [0.4, 0.5) is 11.6 Å². The summed E-state index contributed by atoms with van der Waals surface area (Å²) in [5.74, 6) is 2.47. The van der Waals surface area contributed by atoms with E-state index >= 15 is 0 Å². The number of aromatic nitrogens is 2. The molecule has 1 aromatic heterocycles. The molecule has 0 bridgehead atoms. The third-order valence-electron chi connectivity index (χ3n) is 3.38. The molecule has 0 spiro atoms. The number of hydrogen-bond donors (Lipinski definition) is 2. The van der Waals surface area contributed by atoms with E-state index in [9.17, 15) is 0 Å². The Labute approximate surface area is 118 Å². The second kappa shape index (κ2) is 6.96. The molecule has 0 saturated carbocycles. The fraction of sp³-hybridized carbons (Fsp3) is 0.692. The van der Waals surface area contributed by atoms with Gasteiger partial charge >= 0.3 is 0 Å². The summed E-state index contributed by atoms with van der Waals surface area (Å²) in [6, 6.07) is 2.02. The average Bonchev–Trinajstić information content (AvgIpc) is 2.88. The molecule has 1 aliphatic rings. The number of nitrogens with one attached hydrogen (secondary N) is 1. The zero-order valence-corrected chi connectivity index (χ0v) is 12.4. The maximum Gasteiger partial charge on any atom is 0.191 e. The molecule has 1 aromatic rings. The Kier molecular flexibility index (Phi) is 5.27. The monoisotopic (exact) mass is 282 g/mol. The van der Waals surface area contributed by atoms with Crippen LogP contribution in [0.1, 0.15) is 19.8 Å². The summed E-state index contributed by atoms with van der Waals surface area (Å²) in [7, 11) is 0. The van der Waals surface area contributed by atoms with Crippen LogP contribution in [-0.2, 0) is 0 Å². The van der Waals surface area contributed by atoms with Gasteiger partial charge in [-0.1, -0.05) is 11.8 Å². The van der Waals surface area contributed by atoms with Gasteiger partial charge in [0.05, 0.1) is 0 Å². The fourth-order valence-corrected chi connectivity index (χ4v) is 2.77. The predicted molar refractivity (Wildman–Crippen MR) is 80.0 cm³/mol. The third-order valence-corrected chi connectivity index (χ3v) is 3.93. The van der Waals surface area contributed by atoms with E-state index in [1.165, 1.54) is 0 Å². The molecule has 2 rings (SSSR count). The molecule has 1 aliphatic heterocycles. The van der Waals surface area contributed by atoms with E-state index in [1.54, 1.807) is 11.8 Å². The van der Waals surface area contributed by atoms with E-state index in [0.717, 1.165) is 49.3 Å². The van der Waals surface area contributed by atoms with Crippen molar-refractivity contribution in [2.45, 2.75) is 24.9 Å². The van der Waals surface area contributed by atoms with Crippen molar-refractivity contribution >= 4 is 23.4 Å². The summed E-state index contributed by atoms with van der Waals surface area (Å²) in [5.41, 5.74) is 0. The van der Waals surface area contributed by atoms with Crippen LogP contribution in [-0.4, -0.2) is 47.6 Å². The first kappa shape index (κ1) is 14.4. The van der Waals surface area contributed by atoms with Gasteiger partial charge in [-0.2, -0.15) is 0 Å². The van der Waals surface area contributed by atoms with Gasteiger partial charge in [0.25, 0.3) is 0 Å². The topological polar surface area (TPSA) is 61.3 Å². The second-order valence-electron chi connectivity index (χ2n) is 4.74. The first-order valence-corrected chi connectivity index (χ1v) is 8.02. The Morgan fingerprint density at radius 1 is 1.53 bits per heavy atom. The zero-order valence-electron chi connectivity index (χ0n) is 11.6. The highest BCUT2D eigenvalue weighted by atomic mass is 32.2. The molecule has 2 heterocycles. The van der Waals surface area contributed by atoms with E-state index in [4.69, 9.17) is 5.11 Å². The minimum atomic E-state index is 0.279. The van der Waals surface area contributed by atoms with Crippen molar-refractivity contribution in [2.24, 2.45) is 5.92 Å². The van der Waals surface area contributed by atoms with Crippen molar-refractivity contribution in [2.75, 3.05) is 42.7 Å². The number of rotatable bonds is 6. The molecular weight excluding hydrogens is 260 g/mol. The number of aliphatic hydroxyl groups is 1. The van der Waals surface area contributed by atoms with E-state index in [0.29, 0.717) is 5.92 Å². The van der Waals surface area contributed by atoms with E-state index in [2.05, 4.69) is 27.1 Å². The molecule has 0 aliphatic carbocycles. The maximum atomic E-state index is 9.02. The lowest BCUT2D eigenvalue weighted by Crippen LogP contribution is -2.21. The summed E-state index contributed by atoms with van der Waals surface area (Å²) in [4.78, 5) is 11.3. The first-order valence-electron chi connectivity index (χ1n) is 6.79. The molecule has 0 amide bonds. The van der Waals surface area contributed by atoms with Gasteiger partial charge in [-0.15, -0.1) is 0 Å². The van der Waals surface area contributed by atoms with Crippen LogP contribution in [0.5, 0.6) is 0 Å². The molecule has 1 fully saturated rings. The van der Waals surface area contributed by atoms with Gasteiger partial charge in [0.2, 0.25) is 0 Å². The molecular formula is C13H22N4OS. The Morgan fingerprint density at radius 3 is 3.05 bits per heavy atom. The van der Waals surface area contributed by atoms with Crippen LogP contribution in [0.2, 0.25) is 0 Å². The number of aliphatic hydroxyl groups excluding tert-OH is 1. The molecule has 1 unspecified atom stereocenters. The Hall–Kier alpha value is -1.01. The lowest BCUT2D eigenvalue weighted by Gasteiger charge is -2.19. The maximum absolute atomic E-state index is 9.02. The largest absolute Gasteiger partial charge is 0.396 e. The van der Waals surface area contributed by atoms with Crippen LogP contribution in [0, 0.1) is 5.92 Å². The standard InChI is InChI=1S/C13H22N4OS/c1-3-14-11-8-12(16-13(15-11)19-2)17-6-4-10(9-17)5-7-18/h8,10,18H,3-7,9H2,1-2H3,(H,14,15,16). The highest BCUT2D eigenvalue weighted by molar-refractivity contribution is 7.98. The number of thioether (sulfide) groups is 1. The van der Waals surface area contributed by atoms with Crippen molar-refractivity contribution in [1.82, 2.24) is 9.97 Å². The number of nitrogens with zero attached hydrogens (tertiary/aromatic N) is 3. The van der Waals surface area contributed by atoms with Gasteiger partial charge in [-0.3, -0.25) is 0 Å². The summed E-state index contributed by atoms with van der Waals surface area (Å²) in [6.07, 6.45) is 4.01. The Balaban J connectivity index is 2.12. The highest BCUT2D eigenvalue weighted by Crippen LogP contribution is 2.27. The van der Waals surface area contributed by atoms with Crippen LogP contribution < -0.4 is 10.2 Å². The quantitative estimate of drug-likeness (QED) is 0.613. The molecule has 1 saturated heterocycles. The number of hydrogen-bond acceptors (Lipinski definition) is 6. The van der Waals surface area contributed by atoms with Crippen LogP contribution in [0.15, 0.2) is 11.2 Å². The highest BCUT2D eigenvalue weighted by Gasteiger charge is 2.23. The molecule has 2 N–H and O–H groups in total. The van der Waals surface area contributed by atoms with E-state index in [-0.39, 0.29) is 6.61 Å². The Bertz CT molecular complexity index is 416. The lowest BCUT2D eigenvalue weighted by molar-refractivity contribution is 0.263. The lowest BCUT2D eigenvalue weighted by atomic mass is 10.1. The summed E-state index contributed by atoms with van der Waals surface area (Å²) < 4.78 is 0.